The lowest BCUT2D eigenvalue weighted by atomic mass is 10.1. The van der Waals surface area contributed by atoms with Gasteiger partial charge in [0.05, 0.1) is 12.0 Å². The number of hydrogen-bond acceptors (Lipinski definition) is 5. The van der Waals surface area contributed by atoms with E-state index in [1.165, 1.54) is 0 Å². The lowest BCUT2D eigenvalue weighted by molar-refractivity contribution is 0.675. The Kier molecular flexibility index (Phi) is 5.37. The minimum atomic E-state index is -0.0114. The third kappa shape index (κ3) is 3.10. The number of nitriles is 1. The van der Waals surface area contributed by atoms with E-state index in [2.05, 4.69) is 40.1 Å². The molecule has 0 bridgehead atoms. The van der Waals surface area contributed by atoms with Crippen molar-refractivity contribution in [1.82, 2.24) is 9.97 Å². The van der Waals surface area contributed by atoms with Gasteiger partial charge < -0.3 is 10.2 Å². The van der Waals surface area contributed by atoms with Crippen molar-refractivity contribution in [1.29, 1.82) is 5.26 Å². The fourth-order valence-electron chi connectivity index (χ4n) is 1.95. The molecule has 5 heteroatoms. The first-order chi connectivity index (χ1) is 8.67. The van der Waals surface area contributed by atoms with E-state index in [9.17, 15) is 0 Å². The molecule has 0 amide bonds. The minimum absolute atomic E-state index is 0.0114. The van der Waals surface area contributed by atoms with E-state index >= 15 is 0 Å². The zero-order chi connectivity index (χ0) is 13.5. The van der Waals surface area contributed by atoms with Crippen molar-refractivity contribution in [2.75, 3.05) is 30.4 Å². The smallest absolute Gasteiger partial charge is 0.137 e. The molecule has 1 atom stereocenters. The minimum Gasteiger partial charge on any atom is -0.373 e. The van der Waals surface area contributed by atoms with Crippen molar-refractivity contribution in [3.05, 3.63) is 11.9 Å². The maximum absolute atomic E-state index is 8.93. The summed E-state index contributed by atoms with van der Waals surface area (Å²) in [5.74, 6) is 1.79. The molecule has 1 N–H and O–H groups in total. The topological polar surface area (TPSA) is 64.8 Å². The SMILES string of the molecule is CCc1c(NC)ncnc1N(CC)CC(C)C#N. The molecule has 98 valence electrons. The van der Waals surface area contributed by atoms with Gasteiger partial charge in [-0.1, -0.05) is 6.92 Å². The Morgan fingerprint density at radius 1 is 1.44 bits per heavy atom. The highest BCUT2D eigenvalue weighted by atomic mass is 15.2. The largest absolute Gasteiger partial charge is 0.373 e. The van der Waals surface area contributed by atoms with Crippen LogP contribution in [0.1, 0.15) is 26.3 Å². The predicted molar refractivity (Wildman–Crippen MR) is 73.6 cm³/mol. The Morgan fingerprint density at radius 3 is 2.67 bits per heavy atom. The first-order valence-corrected chi connectivity index (χ1v) is 6.34. The highest BCUT2D eigenvalue weighted by Gasteiger charge is 2.16. The van der Waals surface area contributed by atoms with Gasteiger partial charge in [-0.2, -0.15) is 5.26 Å². The Morgan fingerprint density at radius 2 is 2.17 bits per heavy atom. The van der Waals surface area contributed by atoms with E-state index in [1.807, 2.05) is 14.0 Å². The summed E-state index contributed by atoms with van der Waals surface area (Å²) in [5.41, 5.74) is 1.10. The molecule has 0 aliphatic rings. The number of anilines is 2. The lowest BCUT2D eigenvalue weighted by Gasteiger charge is -2.25. The highest BCUT2D eigenvalue weighted by molar-refractivity contribution is 5.58. The fraction of sp³-hybridized carbons (Fsp3) is 0.615. The first-order valence-electron chi connectivity index (χ1n) is 6.34. The van der Waals surface area contributed by atoms with Crippen LogP contribution in [0.3, 0.4) is 0 Å². The number of hydrogen-bond donors (Lipinski definition) is 1. The molecule has 0 saturated heterocycles. The molecular formula is C13H21N5. The van der Waals surface area contributed by atoms with Crippen molar-refractivity contribution in [2.24, 2.45) is 5.92 Å². The fourth-order valence-corrected chi connectivity index (χ4v) is 1.95. The third-order valence-corrected chi connectivity index (χ3v) is 2.91. The molecule has 0 aromatic carbocycles. The van der Waals surface area contributed by atoms with E-state index in [-0.39, 0.29) is 5.92 Å². The third-order valence-electron chi connectivity index (χ3n) is 2.91. The molecule has 5 nitrogen and oxygen atoms in total. The van der Waals surface area contributed by atoms with Gasteiger partial charge in [0, 0.05) is 25.7 Å². The molecule has 0 radical (unpaired) electrons. The van der Waals surface area contributed by atoms with Crippen molar-refractivity contribution >= 4 is 11.6 Å². The van der Waals surface area contributed by atoms with Gasteiger partial charge >= 0.3 is 0 Å². The van der Waals surface area contributed by atoms with Crippen LogP contribution in [0.25, 0.3) is 0 Å². The Bertz CT molecular complexity index is 424. The first kappa shape index (κ1) is 14.2. The molecule has 0 aliphatic carbocycles. The van der Waals surface area contributed by atoms with Crippen LogP contribution in [0.15, 0.2) is 6.33 Å². The molecule has 1 unspecified atom stereocenters. The Hall–Kier alpha value is -1.83. The zero-order valence-corrected chi connectivity index (χ0v) is 11.6. The standard InChI is InChI=1S/C13H21N5/c1-5-11-12(15-4)16-9-17-13(11)18(6-2)8-10(3)7-14/h9-10H,5-6,8H2,1-4H3,(H,15,16,17). The normalized spacial score (nSPS) is 11.7. The van der Waals surface area contributed by atoms with E-state index < -0.39 is 0 Å². The van der Waals surface area contributed by atoms with Gasteiger partial charge in [-0.05, 0) is 20.3 Å². The second kappa shape index (κ2) is 6.80. The molecule has 0 spiro atoms. The summed E-state index contributed by atoms with van der Waals surface area (Å²) in [6.07, 6.45) is 2.43. The Labute approximate surface area is 109 Å². The summed E-state index contributed by atoms with van der Waals surface area (Å²) < 4.78 is 0. The summed E-state index contributed by atoms with van der Waals surface area (Å²) in [4.78, 5) is 10.7. The van der Waals surface area contributed by atoms with E-state index in [4.69, 9.17) is 5.26 Å². The van der Waals surface area contributed by atoms with Gasteiger partial charge in [0.2, 0.25) is 0 Å². The van der Waals surface area contributed by atoms with Crippen molar-refractivity contribution in [3.8, 4) is 6.07 Å². The summed E-state index contributed by atoms with van der Waals surface area (Å²) in [7, 11) is 1.86. The second-order valence-electron chi connectivity index (χ2n) is 4.20. The van der Waals surface area contributed by atoms with Crippen LogP contribution in [0.2, 0.25) is 0 Å². The van der Waals surface area contributed by atoms with Gasteiger partial charge in [0.1, 0.15) is 18.0 Å². The van der Waals surface area contributed by atoms with Gasteiger partial charge in [0.25, 0.3) is 0 Å². The molecule has 1 aromatic heterocycles. The molecule has 18 heavy (non-hydrogen) atoms. The predicted octanol–water partition coefficient (Wildman–Crippen LogP) is 2.07. The molecule has 1 heterocycles. The van der Waals surface area contributed by atoms with Gasteiger partial charge in [-0.15, -0.1) is 0 Å². The van der Waals surface area contributed by atoms with Crippen molar-refractivity contribution in [3.63, 3.8) is 0 Å². The number of aromatic nitrogens is 2. The highest BCUT2D eigenvalue weighted by Crippen LogP contribution is 2.24. The number of rotatable bonds is 6. The van der Waals surface area contributed by atoms with E-state index in [0.29, 0.717) is 6.54 Å². The zero-order valence-electron chi connectivity index (χ0n) is 11.6. The van der Waals surface area contributed by atoms with Crippen molar-refractivity contribution in [2.45, 2.75) is 27.2 Å². The van der Waals surface area contributed by atoms with Gasteiger partial charge in [-0.25, -0.2) is 9.97 Å². The van der Waals surface area contributed by atoms with E-state index in [1.54, 1.807) is 6.33 Å². The molecule has 0 aliphatic heterocycles. The number of nitrogens with one attached hydrogen (secondary N) is 1. The van der Waals surface area contributed by atoms with Crippen LogP contribution in [0.4, 0.5) is 11.6 Å². The average Bonchev–Trinajstić information content (AvgIpc) is 2.43. The maximum Gasteiger partial charge on any atom is 0.137 e. The summed E-state index contributed by atoms with van der Waals surface area (Å²) in [6, 6.07) is 2.26. The van der Waals surface area contributed by atoms with Crippen LogP contribution in [-0.2, 0) is 6.42 Å². The molecule has 1 aromatic rings. The number of nitrogens with zero attached hydrogens (tertiary/aromatic N) is 4. The van der Waals surface area contributed by atoms with E-state index in [0.717, 1.165) is 30.2 Å². The van der Waals surface area contributed by atoms with Crippen LogP contribution >= 0.6 is 0 Å². The Balaban J connectivity index is 3.09. The molecule has 0 saturated carbocycles. The maximum atomic E-state index is 8.93. The monoisotopic (exact) mass is 247 g/mol. The van der Waals surface area contributed by atoms with Crippen LogP contribution in [0.5, 0.6) is 0 Å². The second-order valence-corrected chi connectivity index (χ2v) is 4.20. The quantitative estimate of drug-likeness (QED) is 0.833. The summed E-state index contributed by atoms with van der Waals surface area (Å²) in [6.45, 7) is 7.61. The van der Waals surface area contributed by atoms with Crippen LogP contribution in [-0.4, -0.2) is 30.1 Å². The van der Waals surface area contributed by atoms with Gasteiger partial charge in [0.15, 0.2) is 0 Å². The van der Waals surface area contributed by atoms with Gasteiger partial charge in [-0.3, -0.25) is 0 Å². The van der Waals surface area contributed by atoms with Crippen LogP contribution in [0, 0.1) is 17.2 Å². The molecule has 0 fully saturated rings. The average molecular weight is 247 g/mol. The lowest BCUT2D eigenvalue weighted by Crippen LogP contribution is -2.30. The summed E-state index contributed by atoms with van der Waals surface area (Å²) >= 11 is 0. The molecule has 1 rings (SSSR count). The van der Waals surface area contributed by atoms with Crippen LogP contribution < -0.4 is 10.2 Å². The molecular weight excluding hydrogens is 226 g/mol. The summed E-state index contributed by atoms with van der Waals surface area (Å²) in [5, 5.41) is 12.0. The van der Waals surface area contributed by atoms with Crippen molar-refractivity contribution < 1.29 is 0 Å².